The first-order valence-electron chi connectivity index (χ1n) is 5.38. The van der Waals surface area contributed by atoms with Crippen molar-refractivity contribution < 1.29 is 14.4 Å². The lowest BCUT2D eigenvalue weighted by atomic mass is 9.91. The number of nitrogens with two attached hydrogens (primary N) is 1. The van der Waals surface area contributed by atoms with Crippen molar-refractivity contribution in [2.45, 2.75) is 20.4 Å². The van der Waals surface area contributed by atoms with E-state index >= 15 is 0 Å². The topological polar surface area (TPSA) is 87.7 Å². The fourth-order valence-corrected chi connectivity index (χ4v) is 1.25. The van der Waals surface area contributed by atoms with Crippen LogP contribution in [0.5, 0.6) is 0 Å². The predicted octanol–water partition coefficient (Wildman–Crippen LogP) is 1.21. The lowest BCUT2D eigenvalue weighted by molar-refractivity contribution is -0.126. The number of nitrogens with one attached hydrogen (secondary N) is 1. The van der Waals surface area contributed by atoms with E-state index < -0.39 is 5.41 Å². The molecule has 1 aromatic rings. The minimum atomic E-state index is -1.10. The first kappa shape index (κ1) is 14.0. The summed E-state index contributed by atoms with van der Waals surface area (Å²) in [5.74, 6) is -0.872. The third-order valence-corrected chi connectivity index (χ3v) is 2.68. The van der Waals surface area contributed by atoms with E-state index in [0.29, 0.717) is 0 Å². The molecule has 0 saturated heterocycles. The molecule has 1 aromatic carbocycles. The molecular formula is C12H16FN3O2. The summed E-state index contributed by atoms with van der Waals surface area (Å²) >= 11 is 0. The van der Waals surface area contributed by atoms with Crippen LogP contribution < -0.4 is 11.1 Å². The molecule has 0 saturated carbocycles. The third-order valence-electron chi connectivity index (χ3n) is 2.68. The molecule has 0 radical (unpaired) electrons. The van der Waals surface area contributed by atoms with Crippen LogP contribution in [0.1, 0.15) is 19.4 Å². The van der Waals surface area contributed by atoms with E-state index in [4.69, 9.17) is 10.9 Å². The maximum Gasteiger partial charge on any atom is 0.233 e. The molecule has 0 aliphatic heterocycles. The average Bonchev–Trinajstić information content (AvgIpc) is 2.36. The Kier molecular flexibility index (Phi) is 4.25. The van der Waals surface area contributed by atoms with Crippen molar-refractivity contribution in [3.8, 4) is 0 Å². The van der Waals surface area contributed by atoms with Crippen LogP contribution >= 0.6 is 0 Å². The Hall–Kier alpha value is -2.11. The molecule has 0 aliphatic carbocycles. The lowest BCUT2D eigenvalue weighted by Crippen LogP contribution is -2.45. The second kappa shape index (κ2) is 5.48. The van der Waals surface area contributed by atoms with Crippen LogP contribution in [0.2, 0.25) is 0 Å². The van der Waals surface area contributed by atoms with Gasteiger partial charge in [-0.05, 0) is 31.5 Å². The molecule has 0 aliphatic rings. The number of amidine groups is 1. The number of benzene rings is 1. The van der Waals surface area contributed by atoms with Gasteiger partial charge in [-0.25, -0.2) is 4.39 Å². The van der Waals surface area contributed by atoms with Crippen molar-refractivity contribution in [1.82, 2.24) is 5.32 Å². The van der Waals surface area contributed by atoms with E-state index in [2.05, 4.69) is 10.5 Å². The molecule has 0 bridgehead atoms. The van der Waals surface area contributed by atoms with Crippen molar-refractivity contribution in [3.05, 3.63) is 35.6 Å². The highest BCUT2D eigenvalue weighted by atomic mass is 19.1. The van der Waals surface area contributed by atoms with Crippen molar-refractivity contribution in [1.29, 1.82) is 0 Å². The summed E-state index contributed by atoms with van der Waals surface area (Å²) in [6, 6.07) is 5.78. The van der Waals surface area contributed by atoms with Crippen LogP contribution in [0.3, 0.4) is 0 Å². The number of nitrogens with zero attached hydrogens (tertiary/aromatic N) is 1. The number of carbonyl (C=O) groups excluding carboxylic acids is 1. The highest BCUT2D eigenvalue weighted by molar-refractivity contribution is 6.05. The summed E-state index contributed by atoms with van der Waals surface area (Å²) in [5, 5.41) is 14.0. The number of rotatable bonds is 4. The van der Waals surface area contributed by atoms with Crippen LogP contribution in [0.25, 0.3) is 0 Å². The molecule has 5 nitrogen and oxygen atoms in total. The zero-order valence-electron chi connectivity index (χ0n) is 10.3. The molecule has 18 heavy (non-hydrogen) atoms. The van der Waals surface area contributed by atoms with Crippen molar-refractivity contribution in [3.63, 3.8) is 0 Å². The Bertz CT molecular complexity index is 455. The third kappa shape index (κ3) is 3.19. The Morgan fingerprint density at radius 2 is 2.00 bits per heavy atom. The van der Waals surface area contributed by atoms with Gasteiger partial charge < -0.3 is 16.3 Å². The number of amides is 1. The van der Waals surface area contributed by atoms with Gasteiger partial charge in [0, 0.05) is 6.54 Å². The van der Waals surface area contributed by atoms with Crippen LogP contribution in [0.15, 0.2) is 29.4 Å². The summed E-state index contributed by atoms with van der Waals surface area (Å²) in [5.41, 5.74) is 5.09. The van der Waals surface area contributed by atoms with Crippen molar-refractivity contribution in [2.75, 3.05) is 0 Å². The quantitative estimate of drug-likeness (QED) is 0.326. The summed E-state index contributed by atoms with van der Waals surface area (Å²) in [6.07, 6.45) is 0. The highest BCUT2D eigenvalue weighted by Gasteiger charge is 2.32. The molecule has 1 rings (SSSR count). The molecular weight excluding hydrogens is 237 g/mol. The average molecular weight is 253 g/mol. The van der Waals surface area contributed by atoms with Gasteiger partial charge in [0.25, 0.3) is 0 Å². The monoisotopic (exact) mass is 253 g/mol. The van der Waals surface area contributed by atoms with E-state index in [1.807, 2.05) is 0 Å². The Morgan fingerprint density at radius 1 is 1.44 bits per heavy atom. The van der Waals surface area contributed by atoms with E-state index in [9.17, 15) is 9.18 Å². The second-order valence-corrected chi connectivity index (χ2v) is 4.42. The van der Waals surface area contributed by atoms with Gasteiger partial charge in [0.1, 0.15) is 11.2 Å². The lowest BCUT2D eigenvalue weighted by Gasteiger charge is -2.21. The SMILES string of the molecule is CC(C)(C(=O)NCc1ccc(F)cc1)C(N)=NO. The molecule has 4 N–H and O–H groups in total. The first-order valence-corrected chi connectivity index (χ1v) is 5.38. The molecule has 0 spiro atoms. The van der Waals surface area contributed by atoms with Gasteiger partial charge in [-0.1, -0.05) is 17.3 Å². The predicted molar refractivity (Wildman–Crippen MR) is 65.4 cm³/mol. The van der Waals surface area contributed by atoms with Crippen LogP contribution in [-0.4, -0.2) is 17.0 Å². The normalized spacial score (nSPS) is 12.3. The van der Waals surface area contributed by atoms with Gasteiger partial charge in [0.05, 0.1) is 0 Å². The minimum absolute atomic E-state index is 0.167. The second-order valence-electron chi connectivity index (χ2n) is 4.42. The Labute approximate surface area is 104 Å². The molecule has 0 atom stereocenters. The van der Waals surface area contributed by atoms with Crippen molar-refractivity contribution in [2.24, 2.45) is 16.3 Å². The van der Waals surface area contributed by atoms with Gasteiger partial charge in [0.2, 0.25) is 5.91 Å². The van der Waals surface area contributed by atoms with Crippen LogP contribution in [0.4, 0.5) is 4.39 Å². The number of hydrogen-bond donors (Lipinski definition) is 3. The zero-order valence-corrected chi connectivity index (χ0v) is 10.3. The van der Waals surface area contributed by atoms with Crippen LogP contribution in [0, 0.1) is 11.2 Å². The zero-order chi connectivity index (χ0) is 13.8. The number of hydrogen-bond acceptors (Lipinski definition) is 3. The first-order chi connectivity index (χ1) is 8.37. The Morgan fingerprint density at radius 3 is 2.50 bits per heavy atom. The maximum absolute atomic E-state index is 12.7. The number of carbonyl (C=O) groups is 1. The van der Waals surface area contributed by atoms with Crippen LogP contribution in [-0.2, 0) is 11.3 Å². The van der Waals surface area contributed by atoms with E-state index in [1.165, 1.54) is 12.1 Å². The van der Waals surface area contributed by atoms with E-state index in [1.54, 1.807) is 26.0 Å². The highest BCUT2D eigenvalue weighted by Crippen LogP contribution is 2.15. The van der Waals surface area contributed by atoms with Gasteiger partial charge in [-0.2, -0.15) is 0 Å². The fourth-order valence-electron chi connectivity index (χ4n) is 1.25. The summed E-state index contributed by atoms with van der Waals surface area (Å²) in [4.78, 5) is 11.8. The smallest absolute Gasteiger partial charge is 0.233 e. The van der Waals surface area contributed by atoms with E-state index in [0.717, 1.165) is 5.56 Å². The molecule has 6 heteroatoms. The van der Waals surface area contributed by atoms with Gasteiger partial charge in [-0.15, -0.1) is 0 Å². The molecule has 0 aromatic heterocycles. The largest absolute Gasteiger partial charge is 0.409 e. The molecule has 98 valence electrons. The van der Waals surface area contributed by atoms with Crippen molar-refractivity contribution >= 4 is 11.7 Å². The van der Waals surface area contributed by atoms with Gasteiger partial charge >= 0.3 is 0 Å². The molecule has 0 unspecified atom stereocenters. The molecule has 1 amide bonds. The Balaban J connectivity index is 2.64. The summed E-state index contributed by atoms with van der Waals surface area (Å²) < 4.78 is 12.7. The van der Waals surface area contributed by atoms with Gasteiger partial charge in [-0.3, -0.25) is 4.79 Å². The molecule has 0 heterocycles. The standard InChI is InChI=1S/C12H16FN3O2/c1-12(2,10(14)16-18)11(17)15-7-8-3-5-9(13)6-4-8/h3-6,18H,7H2,1-2H3,(H2,14,16)(H,15,17). The number of oxime groups is 1. The molecule has 0 fully saturated rings. The maximum atomic E-state index is 12.7. The summed E-state index contributed by atoms with van der Waals surface area (Å²) in [6.45, 7) is 3.34. The van der Waals surface area contributed by atoms with Gasteiger partial charge in [0.15, 0.2) is 5.84 Å². The summed E-state index contributed by atoms with van der Waals surface area (Å²) in [7, 11) is 0. The fraction of sp³-hybridized carbons (Fsp3) is 0.333. The van der Waals surface area contributed by atoms with E-state index in [-0.39, 0.29) is 24.1 Å². The number of halogens is 1. The minimum Gasteiger partial charge on any atom is -0.409 e.